The van der Waals surface area contributed by atoms with Crippen LogP contribution in [0, 0.1) is 0 Å². The molecule has 160 valence electrons. The summed E-state index contributed by atoms with van der Waals surface area (Å²) in [5, 5.41) is 10.8. The van der Waals surface area contributed by atoms with E-state index in [1.54, 1.807) is 35.1 Å². The van der Waals surface area contributed by atoms with Crippen molar-refractivity contribution in [2.45, 2.75) is 0 Å². The minimum atomic E-state index is -0.298. The molecule has 0 bridgehead atoms. The second-order valence-electron chi connectivity index (χ2n) is 7.31. The van der Waals surface area contributed by atoms with Gasteiger partial charge in [-0.25, -0.2) is 14.5 Å². The minimum absolute atomic E-state index is 0.298. The number of halogens is 1. The van der Waals surface area contributed by atoms with Gasteiger partial charge in [0.1, 0.15) is 5.39 Å². The number of anilines is 2. The predicted molar refractivity (Wildman–Crippen MR) is 126 cm³/mol. The topological polar surface area (TPSA) is 106 Å². The number of hydrogen-bond donors (Lipinski definition) is 2. The van der Waals surface area contributed by atoms with Gasteiger partial charge in [-0.15, -0.1) is 0 Å². The number of rotatable bonds is 4. The molecule has 0 saturated carbocycles. The molecular formula is C23H15ClN8O. The number of aromatic amines is 1. The predicted octanol–water partition coefficient (Wildman–Crippen LogP) is 4.22. The molecule has 0 aliphatic rings. The molecule has 0 atom stereocenters. The van der Waals surface area contributed by atoms with E-state index >= 15 is 0 Å². The van der Waals surface area contributed by atoms with Gasteiger partial charge in [-0.1, -0.05) is 35.9 Å². The Hall–Kier alpha value is -4.50. The van der Waals surface area contributed by atoms with Gasteiger partial charge in [0.05, 0.1) is 16.9 Å². The van der Waals surface area contributed by atoms with Crippen molar-refractivity contribution in [1.29, 1.82) is 0 Å². The number of aromatic nitrogens is 7. The summed E-state index contributed by atoms with van der Waals surface area (Å²) in [6, 6.07) is 14.9. The van der Waals surface area contributed by atoms with E-state index in [0.717, 1.165) is 16.8 Å². The fourth-order valence-electron chi connectivity index (χ4n) is 3.74. The van der Waals surface area contributed by atoms with Gasteiger partial charge in [-0.3, -0.25) is 14.3 Å². The fraction of sp³-hybridized carbons (Fsp3) is 0. The number of H-pyrrole nitrogens is 1. The van der Waals surface area contributed by atoms with Crippen molar-refractivity contribution in [3.63, 3.8) is 0 Å². The first-order chi connectivity index (χ1) is 16.2. The van der Waals surface area contributed by atoms with Crippen molar-refractivity contribution in [1.82, 2.24) is 34.1 Å². The average Bonchev–Trinajstić information content (AvgIpc) is 3.54. The molecule has 0 aliphatic heterocycles. The van der Waals surface area contributed by atoms with E-state index in [1.165, 1.54) is 10.8 Å². The molecular weight excluding hydrogens is 440 g/mol. The van der Waals surface area contributed by atoms with E-state index in [9.17, 15) is 4.79 Å². The zero-order valence-electron chi connectivity index (χ0n) is 17.0. The largest absolute Gasteiger partial charge is 0.324 e. The Labute approximate surface area is 191 Å². The summed E-state index contributed by atoms with van der Waals surface area (Å²) in [4.78, 5) is 26.7. The lowest BCUT2D eigenvalue weighted by molar-refractivity contribution is 0.961. The van der Waals surface area contributed by atoms with Crippen LogP contribution in [0.5, 0.6) is 0 Å². The van der Waals surface area contributed by atoms with E-state index in [4.69, 9.17) is 11.6 Å². The van der Waals surface area contributed by atoms with Crippen molar-refractivity contribution in [2.75, 3.05) is 5.32 Å². The maximum Gasteiger partial charge on any atom is 0.270 e. The van der Waals surface area contributed by atoms with E-state index in [2.05, 4.69) is 30.5 Å². The number of benzene rings is 2. The summed E-state index contributed by atoms with van der Waals surface area (Å²) in [5.41, 5.74) is 3.54. The molecule has 0 saturated heterocycles. The van der Waals surface area contributed by atoms with Gasteiger partial charge in [0.25, 0.3) is 5.56 Å². The minimum Gasteiger partial charge on any atom is -0.324 e. The van der Waals surface area contributed by atoms with Crippen LogP contribution in [0.3, 0.4) is 0 Å². The summed E-state index contributed by atoms with van der Waals surface area (Å²) in [6.07, 6.45) is 8.48. The van der Waals surface area contributed by atoms with Gasteiger partial charge < -0.3 is 5.32 Å². The molecule has 0 spiro atoms. The van der Waals surface area contributed by atoms with Crippen molar-refractivity contribution < 1.29 is 0 Å². The highest BCUT2D eigenvalue weighted by atomic mass is 35.5. The molecule has 0 unspecified atom stereocenters. The number of nitrogens with one attached hydrogen (secondary N) is 2. The molecule has 0 radical (unpaired) electrons. The van der Waals surface area contributed by atoms with Crippen LogP contribution in [0.25, 0.3) is 33.6 Å². The average molecular weight is 455 g/mol. The van der Waals surface area contributed by atoms with E-state index in [0.29, 0.717) is 33.5 Å². The molecule has 33 heavy (non-hydrogen) atoms. The standard InChI is InChI=1S/C23H15ClN8O/c24-18-3-1-2-4-19(18)32-21(33)17-13-26-22(30-20(17)31-10-9-25-23(31)32)29-16-7-5-14(6-8-16)15-11-27-28-12-15/h1-13H,(H,27,28)(H,26,29,30). The lowest BCUT2D eigenvalue weighted by Gasteiger charge is -2.12. The first-order valence-corrected chi connectivity index (χ1v) is 10.4. The SMILES string of the molecule is O=c1c2cnc(Nc3ccc(-c4cn[nH]c4)cc3)nc2n2ccnc2n1-c1ccccc1Cl. The highest BCUT2D eigenvalue weighted by molar-refractivity contribution is 6.32. The Morgan fingerprint density at radius 2 is 1.82 bits per heavy atom. The molecule has 6 rings (SSSR count). The summed E-state index contributed by atoms with van der Waals surface area (Å²) in [5.74, 6) is 0.776. The third kappa shape index (κ3) is 3.22. The maximum atomic E-state index is 13.4. The van der Waals surface area contributed by atoms with Crippen LogP contribution in [0.2, 0.25) is 5.02 Å². The highest BCUT2D eigenvalue weighted by Gasteiger charge is 2.17. The first kappa shape index (κ1) is 19.2. The third-order valence-corrected chi connectivity index (χ3v) is 5.64. The van der Waals surface area contributed by atoms with Gasteiger partial charge >= 0.3 is 0 Å². The van der Waals surface area contributed by atoms with Crippen LogP contribution in [0.1, 0.15) is 0 Å². The Morgan fingerprint density at radius 3 is 2.61 bits per heavy atom. The lowest BCUT2D eigenvalue weighted by Crippen LogP contribution is -2.22. The van der Waals surface area contributed by atoms with Crippen molar-refractivity contribution in [2.24, 2.45) is 0 Å². The van der Waals surface area contributed by atoms with Gasteiger partial charge in [-0.05, 0) is 29.8 Å². The van der Waals surface area contributed by atoms with Crippen LogP contribution in [0.4, 0.5) is 11.6 Å². The third-order valence-electron chi connectivity index (χ3n) is 5.32. The number of fused-ring (bicyclic) bond motifs is 3. The van der Waals surface area contributed by atoms with Gasteiger partial charge in [0.2, 0.25) is 11.7 Å². The molecule has 9 nitrogen and oxygen atoms in total. The number of para-hydroxylation sites is 1. The second-order valence-corrected chi connectivity index (χ2v) is 7.72. The van der Waals surface area contributed by atoms with Crippen LogP contribution >= 0.6 is 11.6 Å². The van der Waals surface area contributed by atoms with Crippen molar-refractivity contribution in [3.05, 3.63) is 94.9 Å². The van der Waals surface area contributed by atoms with E-state index in [-0.39, 0.29) is 5.56 Å². The zero-order chi connectivity index (χ0) is 22.4. The molecule has 0 fully saturated rings. The molecule has 2 aromatic carbocycles. The van der Waals surface area contributed by atoms with Gasteiger partial charge in [0, 0.05) is 36.0 Å². The monoisotopic (exact) mass is 454 g/mol. The molecule has 4 aromatic heterocycles. The van der Waals surface area contributed by atoms with Crippen LogP contribution in [-0.4, -0.2) is 34.1 Å². The van der Waals surface area contributed by atoms with Gasteiger partial charge in [-0.2, -0.15) is 10.1 Å². The summed E-state index contributed by atoms with van der Waals surface area (Å²) in [6.45, 7) is 0. The first-order valence-electron chi connectivity index (χ1n) is 10.0. The Bertz CT molecular complexity index is 1670. The lowest BCUT2D eigenvalue weighted by atomic mass is 10.1. The number of nitrogens with zero attached hydrogens (tertiary/aromatic N) is 6. The highest BCUT2D eigenvalue weighted by Crippen LogP contribution is 2.24. The van der Waals surface area contributed by atoms with Crippen LogP contribution in [0.15, 0.2) is 84.3 Å². The van der Waals surface area contributed by atoms with Crippen molar-refractivity contribution in [3.8, 4) is 16.8 Å². The second kappa shape index (κ2) is 7.57. The summed E-state index contributed by atoms with van der Waals surface area (Å²) in [7, 11) is 0. The summed E-state index contributed by atoms with van der Waals surface area (Å²) >= 11 is 6.37. The van der Waals surface area contributed by atoms with E-state index < -0.39 is 0 Å². The maximum absolute atomic E-state index is 13.4. The van der Waals surface area contributed by atoms with Gasteiger partial charge in [0.15, 0.2) is 5.65 Å². The normalized spacial score (nSPS) is 11.3. The van der Waals surface area contributed by atoms with Crippen LogP contribution in [-0.2, 0) is 0 Å². The Balaban J connectivity index is 1.44. The molecule has 10 heteroatoms. The summed E-state index contributed by atoms with van der Waals surface area (Å²) < 4.78 is 3.21. The molecule has 0 aliphatic carbocycles. The Kier molecular flexibility index (Phi) is 4.41. The quantitative estimate of drug-likeness (QED) is 0.413. The molecule has 4 heterocycles. The number of hydrogen-bond acceptors (Lipinski definition) is 6. The van der Waals surface area contributed by atoms with E-state index in [1.807, 2.05) is 42.6 Å². The smallest absolute Gasteiger partial charge is 0.270 e. The number of imidazole rings is 1. The van der Waals surface area contributed by atoms with Crippen molar-refractivity contribution >= 4 is 40.0 Å². The Morgan fingerprint density at radius 1 is 0.970 bits per heavy atom. The molecule has 6 aromatic rings. The molecule has 0 amide bonds. The fourth-order valence-corrected chi connectivity index (χ4v) is 3.96. The molecule has 2 N–H and O–H groups in total. The zero-order valence-corrected chi connectivity index (χ0v) is 17.7. The van der Waals surface area contributed by atoms with Crippen LogP contribution < -0.4 is 10.9 Å².